The van der Waals surface area contributed by atoms with E-state index >= 15 is 0 Å². The Balaban J connectivity index is 0.00000112. The number of aromatic amines is 2. The molecule has 0 aliphatic heterocycles. The first-order chi connectivity index (χ1) is 14.9. The molecule has 1 aliphatic carbocycles. The van der Waals surface area contributed by atoms with Crippen LogP contribution in [0.5, 0.6) is 0 Å². The minimum absolute atomic E-state index is 0.122. The van der Waals surface area contributed by atoms with Gasteiger partial charge in [-0.3, -0.25) is 9.35 Å². The Morgan fingerprint density at radius 3 is 2.39 bits per heavy atom. The molecule has 4 aromatic rings. The number of benzene rings is 2. The van der Waals surface area contributed by atoms with Gasteiger partial charge in [0.25, 0.3) is 5.56 Å². The first-order valence-corrected chi connectivity index (χ1v) is 11.8. The summed E-state index contributed by atoms with van der Waals surface area (Å²) >= 11 is 0. The molecule has 0 amide bonds. The fourth-order valence-electron chi connectivity index (χ4n) is 3.71. The monoisotopic (exact) mass is 439 g/mol. The SMILES string of the molecule is CC.O=c1[nH]c2ccccc2cc1-c1cc2cc(CN(C3CC3)S(=O)(=O)O)ccc2[nH]1. The van der Waals surface area contributed by atoms with E-state index in [-0.39, 0.29) is 18.1 Å². The number of rotatable bonds is 5. The van der Waals surface area contributed by atoms with Gasteiger partial charge in [0, 0.05) is 29.0 Å². The van der Waals surface area contributed by atoms with E-state index in [1.165, 1.54) is 0 Å². The number of hydrogen-bond donors (Lipinski definition) is 3. The molecule has 31 heavy (non-hydrogen) atoms. The highest BCUT2D eigenvalue weighted by Gasteiger charge is 2.36. The zero-order valence-corrected chi connectivity index (χ0v) is 18.2. The van der Waals surface area contributed by atoms with Crippen LogP contribution >= 0.6 is 0 Å². The minimum Gasteiger partial charge on any atom is -0.354 e. The molecule has 1 fully saturated rings. The largest absolute Gasteiger partial charge is 0.354 e. The van der Waals surface area contributed by atoms with Crippen molar-refractivity contribution in [3.63, 3.8) is 0 Å². The van der Waals surface area contributed by atoms with Crippen LogP contribution in [0.1, 0.15) is 32.3 Å². The lowest BCUT2D eigenvalue weighted by molar-refractivity contribution is 0.340. The standard InChI is InChI=1S/C21H19N3O4S.C2H6/c25-21-17(10-14-3-1-2-4-18(14)23-21)20-11-15-9-13(5-8-19(15)22-20)12-24(16-6-7-16)29(26,27)28;1-2/h1-5,8-11,16,22H,6-7,12H2,(H,23,25)(H,26,27,28);1-2H3. The van der Waals surface area contributed by atoms with Crippen LogP contribution in [0.3, 0.4) is 0 Å². The third kappa shape index (κ3) is 4.41. The molecule has 0 bridgehead atoms. The molecule has 8 heteroatoms. The van der Waals surface area contributed by atoms with Crippen molar-refractivity contribution < 1.29 is 13.0 Å². The lowest BCUT2D eigenvalue weighted by Crippen LogP contribution is -2.31. The Morgan fingerprint density at radius 2 is 1.68 bits per heavy atom. The number of H-pyrrole nitrogens is 2. The van der Waals surface area contributed by atoms with Crippen molar-refractivity contribution >= 4 is 32.1 Å². The average Bonchev–Trinajstić information content (AvgIpc) is 3.50. The van der Waals surface area contributed by atoms with Crippen molar-refractivity contribution in [3.8, 4) is 11.3 Å². The molecule has 5 rings (SSSR count). The molecular formula is C23H25N3O4S. The molecule has 1 saturated carbocycles. The van der Waals surface area contributed by atoms with E-state index < -0.39 is 10.3 Å². The van der Waals surface area contributed by atoms with E-state index in [9.17, 15) is 17.8 Å². The molecule has 0 unspecified atom stereocenters. The predicted octanol–water partition coefficient (Wildman–Crippen LogP) is 4.47. The molecule has 0 saturated heterocycles. The van der Waals surface area contributed by atoms with Crippen molar-refractivity contribution in [2.75, 3.05) is 0 Å². The van der Waals surface area contributed by atoms with Gasteiger partial charge in [0.15, 0.2) is 0 Å². The van der Waals surface area contributed by atoms with Crippen molar-refractivity contribution in [3.05, 3.63) is 70.5 Å². The molecular weight excluding hydrogens is 414 g/mol. The second kappa shape index (κ2) is 8.30. The van der Waals surface area contributed by atoms with E-state index in [0.717, 1.165) is 44.5 Å². The molecule has 2 heterocycles. The Kier molecular flexibility index (Phi) is 5.70. The number of nitrogens with one attached hydrogen (secondary N) is 2. The normalized spacial score (nSPS) is 14.1. The van der Waals surface area contributed by atoms with Crippen LogP contribution in [0.2, 0.25) is 0 Å². The molecule has 2 aromatic heterocycles. The van der Waals surface area contributed by atoms with Crippen LogP contribution in [0.15, 0.2) is 59.4 Å². The molecule has 1 aliphatic rings. The van der Waals surface area contributed by atoms with E-state index in [0.29, 0.717) is 11.3 Å². The molecule has 0 radical (unpaired) electrons. The number of nitrogens with zero attached hydrogens (tertiary/aromatic N) is 1. The number of pyridine rings is 1. The summed E-state index contributed by atoms with van der Waals surface area (Å²) in [6, 6.07) is 16.8. The summed E-state index contributed by atoms with van der Waals surface area (Å²) < 4.78 is 33.9. The molecule has 0 spiro atoms. The molecule has 162 valence electrons. The number of hydrogen-bond acceptors (Lipinski definition) is 3. The highest BCUT2D eigenvalue weighted by Crippen LogP contribution is 2.31. The Labute approximate surface area is 180 Å². The fourth-order valence-corrected chi connectivity index (χ4v) is 4.61. The van der Waals surface area contributed by atoms with Crippen LogP contribution in [0.4, 0.5) is 0 Å². The summed E-state index contributed by atoms with van der Waals surface area (Å²) in [5.41, 5.74) is 3.46. The Hall–Kier alpha value is -2.94. The number of fused-ring (bicyclic) bond motifs is 2. The van der Waals surface area contributed by atoms with Crippen LogP contribution in [-0.4, -0.2) is 33.3 Å². The van der Waals surface area contributed by atoms with Crippen LogP contribution in [0, 0.1) is 0 Å². The number of para-hydroxylation sites is 1. The van der Waals surface area contributed by atoms with Crippen molar-refractivity contribution in [1.29, 1.82) is 0 Å². The lowest BCUT2D eigenvalue weighted by Gasteiger charge is -2.17. The second-order valence-corrected chi connectivity index (χ2v) is 8.82. The highest BCUT2D eigenvalue weighted by molar-refractivity contribution is 7.83. The summed E-state index contributed by atoms with van der Waals surface area (Å²) in [4.78, 5) is 18.7. The van der Waals surface area contributed by atoms with Crippen molar-refractivity contribution in [1.82, 2.24) is 14.3 Å². The van der Waals surface area contributed by atoms with Crippen molar-refractivity contribution in [2.45, 2.75) is 39.3 Å². The fraction of sp³-hybridized carbons (Fsp3) is 0.261. The zero-order valence-electron chi connectivity index (χ0n) is 17.4. The van der Waals surface area contributed by atoms with Crippen molar-refractivity contribution in [2.24, 2.45) is 0 Å². The van der Waals surface area contributed by atoms with Gasteiger partial charge in [0.2, 0.25) is 0 Å². The van der Waals surface area contributed by atoms with E-state index in [1.807, 2.05) is 68.4 Å². The van der Waals surface area contributed by atoms with Gasteiger partial charge in [0.1, 0.15) is 0 Å². The minimum atomic E-state index is -4.24. The van der Waals surface area contributed by atoms with Gasteiger partial charge in [-0.25, -0.2) is 0 Å². The Bertz CT molecular complexity index is 1400. The summed E-state index contributed by atoms with van der Waals surface area (Å²) in [5.74, 6) is 0. The van der Waals surface area contributed by atoms with Crippen LogP contribution in [0.25, 0.3) is 33.1 Å². The second-order valence-electron chi connectivity index (χ2n) is 7.46. The maximum absolute atomic E-state index is 12.5. The van der Waals surface area contributed by atoms with Gasteiger partial charge in [-0.05, 0) is 54.1 Å². The third-order valence-corrected chi connectivity index (χ3v) is 6.34. The first kappa shape index (κ1) is 21.3. The number of aromatic nitrogens is 2. The first-order valence-electron chi connectivity index (χ1n) is 10.4. The van der Waals surface area contributed by atoms with Gasteiger partial charge in [-0.2, -0.15) is 12.7 Å². The molecule has 3 N–H and O–H groups in total. The van der Waals surface area contributed by atoms with Crippen LogP contribution < -0.4 is 5.56 Å². The highest BCUT2D eigenvalue weighted by atomic mass is 32.2. The summed E-state index contributed by atoms with van der Waals surface area (Å²) in [6.45, 7) is 4.12. The van der Waals surface area contributed by atoms with Gasteiger partial charge in [0.05, 0.1) is 11.3 Å². The maximum Gasteiger partial charge on any atom is 0.336 e. The van der Waals surface area contributed by atoms with Gasteiger partial charge < -0.3 is 9.97 Å². The predicted molar refractivity (Wildman–Crippen MR) is 123 cm³/mol. The molecule has 2 aromatic carbocycles. The third-order valence-electron chi connectivity index (χ3n) is 5.32. The van der Waals surface area contributed by atoms with Gasteiger partial charge >= 0.3 is 10.3 Å². The maximum atomic E-state index is 12.5. The lowest BCUT2D eigenvalue weighted by atomic mass is 10.1. The zero-order chi connectivity index (χ0) is 22.2. The van der Waals surface area contributed by atoms with E-state index in [2.05, 4.69) is 9.97 Å². The van der Waals surface area contributed by atoms with E-state index in [1.54, 1.807) is 0 Å². The molecule has 0 atom stereocenters. The van der Waals surface area contributed by atoms with E-state index in [4.69, 9.17) is 0 Å². The Morgan fingerprint density at radius 1 is 0.968 bits per heavy atom. The topological polar surface area (TPSA) is 106 Å². The average molecular weight is 440 g/mol. The summed E-state index contributed by atoms with van der Waals surface area (Å²) in [5, 5.41) is 1.81. The van der Waals surface area contributed by atoms with Crippen LogP contribution in [-0.2, 0) is 16.8 Å². The van der Waals surface area contributed by atoms with Gasteiger partial charge in [-0.1, -0.05) is 38.1 Å². The summed E-state index contributed by atoms with van der Waals surface area (Å²) in [6.07, 6.45) is 1.53. The van der Waals surface area contributed by atoms with Gasteiger partial charge in [-0.15, -0.1) is 0 Å². The smallest absolute Gasteiger partial charge is 0.336 e. The molecule has 7 nitrogen and oxygen atoms in total. The summed E-state index contributed by atoms with van der Waals surface area (Å²) in [7, 11) is -4.24. The quantitative estimate of drug-likeness (QED) is 0.399.